The first-order valence-electron chi connectivity index (χ1n) is 8.64. The molecule has 0 spiro atoms. The van der Waals surface area contributed by atoms with Crippen LogP contribution in [0.4, 0.5) is 5.69 Å². The summed E-state index contributed by atoms with van der Waals surface area (Å²) in [5.74, 6) is -1.73. The SMILES string of the molecule is C=C(C)C(=O)OCCN(CC)c1ccc(C=CC=C(C[N+](=O)[O-])C(=O)O)cc1. The van der Waals surface area contributed by atoms with Crippen molar-refractivity contribution in [2.45, 2.75) is 13.8 Å². The number of hydrogen-bond acceptors (Lipinski definition) is 6. The minimum Gasteiger partial charge on any atom is -0.478 e. The molecule has 8 nitrogen and oxygen atoms in total. The molecule has 0 aliphatic heterocycles. The highest BCUT2D eigenvalue weighted by Crippen LogP contribution is 2.16. The molecule has 0 atom stereocenters. The van der Waals surface area contributed by atoms with Gasteiger partial charge in [0.2, 0.25) is 6.54 Å². The van der Waals surface area contributed by atoms with Gasteiger partial charge in [-0.3, -0.25) is 10.1 Å². The van der Waals surface area contributed by atoms with Gasteiger partial charge >= 0.3 is 11.9 Å². The number of allylic oxidation sites excluding steroid dienone is 2. The minimum absolute atomic E-state index is 0.250. The zero-order valence-electron chi connectivity index (χ0n) is 16.0. The summed E-state index contributed by atoms with van der Waals surface area (Å²) in [6.07, 6.45) is 4.35. The molecule has 0 saturated heterocycles. The molecular weight excluding hydrogens is 364 g/mol. The third-order valence-corrected chi connectivity index (χ3v) is 3.74. The Hall–Kier alpha value is -3.42. The fraction of sp³-hybridized carbons (Fsp3) is 0.300. The number of rotatable bonds is 11. The number of hydrogen-bond donors (Lipinski definition) is 1. The van der Waals surface area contributed by atoms with Gasteiger partial charge in [0.15, 0.2) is 0 Å². The van der Waals surface area contributed by atoms with Crippen molar-refractivity contribution in [2.24, 2.45) is 0 Å². The first kappa shape index (κ1) is 22.6. The van der Waals surface area contributed by atoms with Crippen molar-refractivity contribution in [2.75, 3.05) is 31.1 Å². The van der Waals surface area contributed by atoms with Gasteiger partial charge in [-0.05, 0) is 37.6 Å². The highest BCUT2D eigenvalue weighted by atomic mass is 16.6. The molecule has 0 saturated carbocycles. The van der Waals surface area contributed by atoms with Crippen LogP contribution < -0.4 is 4.90 Å². The molecule has 0 bridgehead atoms. The fourth-order valence-corrected chi connectivity index (χ4v) is 2.24. The number of nitrogens with zero attached hydrogens (tertiary/aromatic N) is 2. The first-order chi connectivity index (χ1) is 13.2. The molecule has 150 valence electrons. The molecule has 1 aromatic rings. The number of esters is 1. The molecule has 0 aliphatic rings. The van der Waals surface area contributed by atoms with Crippen LogP contribution >= 0.6 is 0 Å². The maximum atomic E-state index is 11.4. The van der Waals surface area contributed by atoms with Crippen molar-refractivity contribution < 1.29 is 24.4 Å². The number of carbonyl (C=O) groups is 2. The second-order valence-corrected chi connectivity index (χ2v) is 5.93. The number of likely N-dealkylation sites (N-methyl/N-ethyl adjacent to an activating group) is 1. The van der Waals surface area contributed by atoms with Crippen LogP contribution in [0.25, 0.3) is 6.08 Å². The normalized spacial score (nSPS) is 11.3. The zero-order chi connectivity index (χ0) is 21.1. The Bertz CT molecular complexity index is 780. The maximum Gasteiger partial charge on any atom is 0.338 e. The van der Waals surface area contributed by atoms with E-state index < -0.39 is 23.4 Å². The Morgan fingerprint density at radius 3 is 2.46 bits per heavy atom. The monoisotopic (exact) mass is 388 g/mol. The second-order valence-electron chi connectivity index (χ2n) is 5.93. The number of ether oxygens (including phenoxy) is 1. The molecule has 0 aromatic heterocycles. The summed E-state index contributed by atoms with van der Waals surface area (Å²) >= 11 is 0. The van der Waals surface area contributed by atoms with Gasteiger partial charge < -0.3 is 14.7 Å². The number of nitro groups is 1. The Morgan fingerprint density at radius 2 is 1.96 bits per heavy atom. The van der Waals surface area contributed by atoms with Crippen molar-refractivity contribution in [1.82, 2.24) is 0 Å². The highest BCUT2D eigenvalue weighted by Gasteiger charge is 2.12. The third kappa shape index (κ3) is 7.86. The average Bonchev–Trinajstić information content (AvgIpc) is 2.64. The summed E-state index contributed by atoms with van der Waals surface area (Å²) in [6.45, 7) is 7.90. The van der Waals surface area contributed by atoms with Crippen LogP contribution in [0.1, 0.15) is 19.4 Å². The largest absolute Gasteiger partial charge is 0.478 e. The summed E-state index contributed by atoms with van der Waals surface area (Å²) in [4.78, 5) is 34.2. The molecule has 0 fully saturated rings. The van der Waals surface area contributed by atoms with Crippen molar-refractivity contribution in [1.29, 1.82) is 0 Å². The van der Waals surface area contributed by atoms with Crippen molar-refractivity contribution in [3.63, 3.8) is 0 Å². The number of carbonyl (C=O) groups excluding carboxylic acids is 1. The predicted molar refractivity (Wildman–Crippen MR) is 107 cm³/mol. The highest BCUT2D eigenvalue weighted by molar-refractivity contribution is 5.87. The lowest BCUT2D eigenvalue weighted by molar-refractivity contribution is -0.470. The lowest BCUT2D eigenvalue weighted by Gasteiger charge is -2.23. The molecule has 1 rings (SSSR count). The van der Waals surface area contributed by atoms with Crippen molar-refractivity contribution in [3.8, 4) is 0 Å². The van der Waals surface area contributed by atoms with Crippen LogP contribution in [0.15, 0.2) is 54.1 Å². The second kappa shape index (κ2) is 11.3. The van der Waals surface area contributed by atoms with E-state index in [1.807, 2.05) is 36.1 Å². The van der Waals surface area contributed by atoms with Crippen LogP contribution in [0.5, 0.6) is 0 Å². The molecule has 0 heterocycles. The standard InChI is InChI=1S/C20H24N2O6/c1-4-21(12-13-28-20(25)15(2)3)18-10-8-16(9-11-18)6-5-7-17(19(23)24)14-22(26)27/h5-11H,2,4,12-14H2,1,3H3,(H,23,24). The molecule has 0 unspecified atom stereocenters. The number of benzene rings is 1. The molecule has 0 radical (unpaired) electrons. The van der Waals surface area contributed by atoms with E-state index in [0.717, 1.165) is 17.8 Å². The average molecular weight is 388 g/mol. The lowest BCUT2D eigenvalue weighted by atomic mass is 10.1. The van der Waals surface area contributed by atoms with Gasteiger partial charge in [-0.25, -0.2) is 9.59 Å². The van der Waals surface area contributed by atoms with Crippen LogP contribution in [0.2, 0.25) is 0 Å². The summed E-state index contributed by atoms with van der Waals surface area (Å²) in [6, 6.07) is 7.47. The van der Waals surface area contributed by atoms with Gasteiger partial charge in [-0.1, -0.05) is 30.9 Å². The predicted octanol–water partition coefficient (Wildman–Crippen LogP) is 2.93. The maximum absolute atomic E-state index is 11.4. The van der Waals surface area contributed by atoms with E-state index in [1.54, 1.807) is 13.0 Å². The molecule has 1 aromatic carbocycles. The molecular formula is C20H24N2O6. The van der Waals surface area contributed by atoms with E-state index in [4.69, 9.17) is 9.84 Å². The van der Waals surface area contributed by atoms with E-state index in [9.17, 15) is 19.7 Å². The van der Waals surface area contributed by atoms with E-state index >= 15 is 0 Å². The summed E-state index contributed by atoms with van der Waals surface area (Å²) in [7, 11) is 0. The number of anilines is 1. The van der Waals surface area contributed by atoms with Crippen molar-refractivity contribution >= 4 is 23.7 Å². The number of aliphatic carboxylic acids is 1. The fourth-order valence-electron chi connectivity index (χ4n) is 2.24. The smallest absolute Gasteiger partial charge is 0.338 e. The van der Waals surface area contributed by atoms with Gasteiger partial charge in [-0.15, -0.1) is 0 Å². The minimum atomic E-state index is -1.32. The van der Waals surface area contributed by atoms with Crippen LogP contribution in [-0.4, -0.2) is 48.2 Å². The number of carboxylic acid groups (broad SMARTS) is 1. The lowest BCUT2D eigenvalue weighted by Crippen LogP contribution is -2.28. The Balaban J connectivity index is 2.72. The van der Waals surface area contributed by atoms with Crippen LogP contribution in [0.3, 0.4) is 0 Å². The van der Waals surface area contributed by atoms with E-state index in [2.05, 4.69) is 6.58 Å². The quantitative estimate of drug-likeness (QED) is 0.204. The molecule has 0 amide bonds. The van der Waals surface area contributed by atoms with Crippen LogP contribution in [-0.2, 0) is 14.3 Å². The summed E-state index contributed by atoms with van der Waals surface area (Å²) < 4.78 is 5.11. The third-order valence-electron chi connectivity index (χ3n) is 3.74. The Kier molecular flexibility index (Phi) is 9.15. The van der Waals surface area contributed by atoms with Crippen molar-refractivity contribution in [3.05, 3.63) is 69.8 Å². The van der Waals surface area contributed by atoms with E-state index in [-0.39, 0.29) is 12.2 Å². The summed E-state index contributed by atoms with van der Waals surface area (Å²) in [5.41, 5.74) is 1.83. The topological polar surface area (TPSA) is 110 Å². The van der Waals surface area contributed by atoms with Gasteiger partial charge in [0.05, 0.1) is 6.54 Å². The molecule has 28 heavy (non-hydrogen) atoms. The summed E-state index contributed by atoms with van der Waals surface area (Å²) in [5, 5.41) is 19.4. The van der Waals surface area contributed by atoms with E-state index in [1.165, 1.54) is 12.2 Å². The Labute approximate surface area is 163 Å². The van der Waals surface area contributed by atoms with Gasteiger partial charge in [0.25, 0.3) is 0 Å². The van der Waals surface area contributed by atoms with E-state index in [0.29, 0.717) is 12.1 Å². The molecule has 8 heteroatoms. The zero-order valence-corrected chi connectivity index (χ0v) is 16.0. The molecule has 1 N–H and O–H groups in total. The van der Waals surface area contributed by atoms with Crippen LogP contribution in [0, 0.1) is 10.1 Å². The first-order valence-corrected chi connectivity index (χ1v) is 8.64. The number of carboxylic acids is 1. The van der Waals surface area contributed by atoms with Gasteiger partial charge in [0.1, 0.15) is 12.2 Å². The van der Waals surface area contributed by atoms with Gasteiger partial charge in [0, 0.05) is 22.7 Å². The van der Waals surface area contributed by atoms with Gasteiger partial charge in [-0.2, -0.15) is 0 Å². The Morgan fingerprint density at radius 1 is 1.32 bits per heavy atom. The molecule has 0 aliphatic carbocycles.